The molecule has 15 heavy (non-hydrogen) atoms. The zero-order chi connectivity index (χ0) is 10.8. The van der Waals surface area contributed by atoms with Crippen LogP contribution >= 0.6 is 0 Å². The average Bonchev–Trinajstić information content (AvgIpc) is 3.01. The first kappa shape index (κ1) is 9.96. The van der Waals surface area contributed by atoms with E-state index in [-0.39, 0.29) is 5.75 Å². The zero-order valence-corrected chi connectivity index (χ0v) is 8.53. The first-order chi connectivity index (χ1) is 7.20. The molecule has 4 heteroatoms. The Bertz CT molecular complexity index is 400. The number of rotatable bonds is 3. The van der Waals surface area contributed by atoms with Crippen LogP contribution in [0.3, 0.4) is 0 Å². The second-order valence-electron chi connectivity index (χ2n) is 3.63. The number of nitrogens with two attached hydrogens (primary N) is 1. The Labute approximate surface area is 87.8 Å². The summed E-state index contributed by atoms with van der Waals surface area (Å²) >= 11 is 0. The number of amidine groups is 1. The molecule has 0 amide bonds. The molecule has 0 atom stereocenters. The highest BCUT2D eigenvalue weighted by molar-refractivity contribution is 5.87. The van der Waals surface area contributed by atoms with Crippen molar-refractivity contribution in [1.29, 1.82) is 0 Å². The van der Waals surface area contributed by atoms with Crippen LogP contribution in [0, 0.1) is 11.7 Å². The van der Waals surface area contributed by atoms with Gasteiger partial charge in [0.25, 0.3) is 0 Å². The highest BCUT2D eigenvalue weighted by atomic mass is 19.1. The second kappa shape index (κ2) is 3.88. The summed E-state index contributed by atoms with van der Waals surface area (Å²) in [4.78, 5) is 4.16. The molecule has 0 aromatic heterocycles. The molecule has 0 heterocycles. The maximum atomic E-state index is 13.3. The van der Waals surface area contributed by atoms with E-state index in [1.54, 1.807) is 12.1 Å². The molecule has 1 aromatic carbocycles. The maximum Gasteiger partial charge on any atom is 0.167 e. The highest BCUT2D eigenvalue weighted by Crippen LogP contribution is 2.30. The lowest BCUT2D eigenvalue weighted by Gasteiger charge is -2.02. The number of hydrogen-bond donors (Lipinski definition) is 1. The number of benzene rings is 1. The number of halogens is 1. The van der Waals surface area contributed by atoms with Crippen molar-refractivity contribution in [2.75, 3.05) is 7.11 Å². The van der Waals surface area contributed by atoms with Crippen molar-refractivity contribution in [2.45, 2.75) is 12.8 Å². The van der Waals surface area contributed by atoms with Crippen LogP contribution in [0.15, 0.2) is 23.2 Å². The second-order valence-corrected chi connectivity index (χ2v) is 3.63. The summed E-state index contributed by atoms with van der Waals surface area (Å²) in [6.07, 6.45) is 2.18. The standard InChI is InChI=1S/C11H13FN2O/c1-15-10-5-4-8(6-9(10)12)14-11(13)7-2-3-7/h4-7H,2-3H2,1H3,(H2,13,14). The Morgan fingerprint density at radius 1 is 1.53 bits per heavy atom. The van der Waals surface area contributed by atoms with Gasteiger partial charge >= 0.3 is 0 Å². The van der Waals surface area contributed by atoms with Gasteiger partial charge in [-0.25, -0.2) is 9.38 Å². The lowest BCUT2D eigenvalue weighted by atomic mass is 10.3. The van der Waals surface area contributed by atoms with Crippen LogP contribution in [0.1, 0.15) is 12.8 Å². The van der Waals surface area contributed by atoms with Gasteiger partial charge in [-0.05, 0) is 25.0 Å². The summed E-state index contributed by atoms with van der Waals surface area (Å²) in [5, 5.41) is 0. The number of ether oxygens (including phenoxy) is 1. The Morgan fingerprint density at radius 2 is 2.27 bits per heavy atom. The molecular formula is C11H13FN2O. The summed E-state index contributed by atoms with van der Waals surface area (Å²) < 4.78 is 18.1. The summed E-state index contributed by atoms with van der Waals surface area (Å²) in [7, 11) is 1.43. The lowest BCUT2D eigenvalue weighted by Crippen LogP contribution is -2.13. The van der Waals surface area contributed by atoms with Crippen molar-refractivity contribution in [3.8, 4) is 5.75 Å². The van der Waals surface area contributed by atoms with E-state index in [0.717, 1.165) is 12.8 Å². The predicted octanol–water partition coefficient (Wildman–Crippen LogP) is 2.23. The molecular weight excluding hydrogens is 195 g/mol. The van der Waals surface area contributed by atoms with E-state index in [2.05, 4.69) is 4.99 Å². The minimum atomic E-state index is -0.414. The van der Waals surface area contributed by atoms with Gasteiger partial charge in [-0.3, -0.25) is 0 Å². The fourth-order valence-electron chi connectivity index (χ4n) is 1.34. The number of hydrogen-bond acceptors (Lipinski definition) is 2. The third-order valence-corrected chi connectivity index (χ3v) is 2.39. The van der Waals surface area contributed by atoms with Gasteiger partial charge in [0, 0.05) is 12.0 Å². The molecule has 1 aliphatic rings. The van der Waals surface area contributed by atoms with Gasteiger partial charge in [0.05, 0.1) is 12.8 Å². The molecule has 0 aliphatic heterocycles. The van der Waals surface area contributed by atoms with E-state index >= 15 is 0 Å². The molecule has 1 aromatic rings. The summed E-state index contributed by atoms with van der Waals surface area (Å²) in [6, 6.07) is 4.57. The largest absolute Gasteiger partial charge is 0.494 e. The molecule has 0 bridgehead atoms. The molecule has 1 saturated carbocycles. The van der Waals surface area contributed by atoms with E-state index in [1.807, 2.05) is 0 Å². The van der Waals surface area contributed by atoms with E-state index in [1.165, 1.54) is 13.2 Å². The fourth-order valence-corrected chi connectivity index (χ4v) is 1.34. The molecule has 80 valence electrons. The molecule has 3 nitrogen and oxygen atoms in total. The molecule has 2 rings (SSSR count). The van der Waals surface area contributed by atoms with Gasteiger partial charge in [0.2, 0.25) is 0 Å². The zero-order valence-electron chi connectivity index (χ0n) is 8.53. The van der Waals surface area contributed by atoms with Crippen LogP contribution in [0.4, 0.5) is 10.1 Å². The van der Waals surface area contributed by atoms with Crippen molar-refractivity contribution in [3.63, 3.8) is 0 Å². The van der Waals surface area contributed by atoms with Crippen LogP contribution in [-0.2, 0) is 0 Å². The number of aliphatic imine (C=N–C) groups is 1. The first-order valence-corrected chi connectivity index (χ1v) is 4.88. The van der Waals surface area contributed by atoms with Gasteiger partial charge in [0.1, 0.15) is 5.84 Å². The molecule has 2 N–H and O–H groups in total. The molecule has 1 fully saturated rings. The van der Waals surface area contributed by atoms with Crippen LogP contribution in [0.5, 0.6) is 5.75 Å². The smallest absolute Gasteiger partial charge is 0.167 e. The normalized spacial score (nSPS) is 16.5. The molecule has 0 saturated heterocycles. The van der Waals surface area contributed by atoms with Crippen LogP contribution < -0.4 is 10.5 Å². The van der Waals surface area contributed by atoms with Gasteiger partial charge in [-0.2, -0.15) is 0 Å². The number of methoxy groups -OCH3 is 1. The van der Waals surface area contributed by atoms with Gasteiger partial charge in [0.15, 0.2) is 11.6 Å². The van der Waals surface area contributed by atoms with E-state index in [9.17, 15) is 4.39 Å². The Morgan fingerprint density at radius 3 is 2.80 bits per heavy atom. The quantitative estimate of drug-likeness (QED) is 0.611. The predicted molar refractivity (Wildman–Crippen MR) is 57.0 cm³/mol. The van der Waals surface area contributed by atoms with Crippen molar-refractivity contribution in [2.24, 2.45) is 16.6 Å². The lowest BCUT2D eigenvalue weighted by molar-refractivity contribution is 0.386. The monoisotopic (exact) mass is 208 g/mol. The van der Waals surface area contributed by atoms with E-state index in [4.69, 9.17) is 10.5 Å². The molecule has 0 unspecified atom stereocenters. The first-order valence-electron chi connectivity index (χ1n) is 4.88. The number of nitrogens with zero attached hydrogens (tertiary/aromatic N) is 1. The molecule has 1 aliphatic carbocycles. The molecule has 0 radical (unpaired) electrons. The van der Waals surface area contributed by atoms with E-state index < -0.39 is 5.82 Å². The van der Waals surface area contributed by atoms with Crippen molar-refractivity contribution < 1.29 is 9.13 Å². The van der Waals surface area contributed by atoms with E-state index in [0.29, 0.717) is 17.4 Å². The fraction of sp³-hybridized carbons (Fsp3) is 0.364. The third-order valence-electron chi connectivity index (χ3n) is 2.39. The van der Waals surface area contributed by atoms with Gasteiger partial charge < -0.3 is 10.5 Å². The SMILES string of the molecule is COc1ccc(N=C(N)C2CC2)cc1F. The third kappa shape index (κ3) is 2.26. The van der Waals surface area contributed by atoms with Crippen molar-refractivity contribution >= 4 is 11.5 Å². The van der Waals surface area contributed by atoms with Crippen LogP contribution in [0.25, 0.3) is 0 Å². The maximum absolute atomic E-state index is 13.3. The minimum absolute atomic E-state index is 0.221. The van der Waals surface area contributed by atoms with Crippen molar-refractivity contribution in [3.05, 3.63) is 24.0 Å². The van der Waals surface area contributed by atoms with Gasteiger partial charge in [-0.1, -0.05) is 0 Å². The van der Waals surface area contributed by atoms with Gasteiger partial charge in [-0.15, -0.1) is 0 Å². The van der Waals surface area contributed by atoms with Crippen molar-refractivity contribution in [1.82, 2.24) is 0 Å². The Hall–Kier alpha value is -1.58. The summed E-state index contributed by atoms with van der Waals surface area (Å²) in [6.45, 7) is 0. The van der Waals surface area contributed by atoms with Crippen LogP contribution in [-0.4, -0.2) is 12.9 Å². The summed E-state index contributed by atoms with van der Waals surface area (Å²) in [5.74, 6) is 0.802. The molecule has 0 spiro atoms. The summed E-state index contributed by atoms with van der Waals surface area (Å²) in [5.41, 5.74) is 6.27. The van der Waals surface area contributed by atoms with Crippen LogP contribution in [0.2, 0.25) is 0 Å². The average molecular weight is 208 g/mol. The topological polar surface area (TPSA) is 47.6 Å². The Balaban J connectivity index is 2.22. The highest BCUT2D eigenvalue weighted by Gasteiger charge is 2.25. The minimum Gasteiger partial charge on any atom is -0.494 e. The Kier molecular flexibility index (Phi) is 2.58.